The van der Waals surface area contributed by atoms with E-state index in [4.69, 9.17) is 12.2 Å². The summed E-state index contributed by atoms with van der Waals surface area (Å²) in [5.74, 6) is 0.932. The standard InChI is InChI=1S/C14H18N2S/c1-9-3-6-12-13(7-9)16(14(17)15-12)10(2)8-11-4-5-11/h3,6-7,10-11H,4-5,8H2,1-2H3,(H,15,17). The zero-order valence-corrected chi connectivity index (χ0v) is 11.2. The Labute approximate surface area is 107 Å². The van der Waals surface area contributed by atoms with E-state index in [1.165, 1.54) is 30.3 Å². The van der Waals surface area contributed by atoms with Crippen molar-refractivity contribution in [2.24, 2.45) is 5.92 Å². The fourth-order valence-electron chi connectivity index (χ4n) is 2.61. The lowest BCUT2D eigenvalue weighted by molar-refractivity contribution is 0.483. The van der Waals surface area contributed by atoms with Crippen molar-refractivity contribution < 1.29 is 0 Å². The predicted molar refractivity (Wildman–Crippen MR) is 73.9 cm³/mol. The zero-order chi connectivity index (χ0) is 12.0. The molecule has 1 N–H and O–H groups in total. The minimum absolute atomic E-state index is 0.505. The maximum atomic E-state index is 5.45. The molecule has 0 aliphatic heterocycles. The van der Waals surface area contributed by atoms with Crippen LogP contribution < -0.4 is 0 Å². The van der Waals surface area contributed by atoms with Crippen molar-refractivity contribution in [1.29, 1.82) is 0 Å². The summed E-state index contributed by atoms with van der Waals surface area (Å²) in [6, 6.07) is 6.99. The summed E-state index contributed by atoms with van der Waals surface area (Å²) < 4.78 is 3.15. The molecule has 0 radical (unpaired) electrons. The Morgan fingerprint density at radius 2 is 2.24 bits per heavy atom. The molecule has 1 fully saturated rings. The van der Waals surface area contributed by atoms with E-state index in [1.54, 1.807) is 0 Å². The van der Waals surface area contributed by atoms with Gasteiger partial charge in [0.2, 0.25) is 0 Å². The van der Waals surface area contributed by atoms with Gasteiger partial charge in [0.15, 0.2) is 4.77 Å². The van der Waals surface area contributed by atoms with Crippen LogP contribution in [-0.2, 0) is 0 Å². The molecular formula is C14H18N2S. The highest BCUT2D eigenvalue weighted by Gasteiger charge is 2.25. The molecule has 3 rings (SSSR count). The summed E-state index contributed by atoms with van der Waals surface area (Å²) in [4.78, 5) is 3.31. The van der Waals surface area contributed by atoms with Crippen molar-refractivity contribution in [2.75, 3.05) is 0 Å². The van der Waals surface area contributed by atoms with Gasteiger partial charge in [-0.1, -0.05) is 18.9 Å². The van der Waals surface area contributed by atoms with E-state index < -0.39 is 0 Å². The number of aryl methyl sites for hydroxylation is 1. The number of nitrogens with one attached hydrogen (secondary N) is 1. The highest BCUT2D eigenvalue weighted by Crippen LogP contribution is 2.37. The Kier molecular flexibility index (Phi) is 2.58. The van der Waals surface area contributed by atoms with Gasteiger partial charge in [0, 0.05) is 6.04 Å². The van der Waals surface area contributed by atoms with Crippen LogP contribution >= 0.6 is 12.2 Å². The Hall–Kier alpha value is -1.09. The molecule has 1 aliphatic carbocycles. The van der Waals surface area contributed by atoms with Crippen LogP contribution in [0.2, 0.25) is 0 Å². The molecule has 1 atom stereocenters. The Balaban J connectivity index is 2.09. The Morgan fingerprint density at radius 3 is 2.94 bits per heavy atom. The SMILES string of the molecule is Cc1ccc2[nH]c(=S)n(C(C)CC3CC3)c2c1. The average molecular weight is 246 g/mol. The molecule has 0 saturated heterocycles. The lowest BCUT2D eigenvalue weighted by Crippen LogP contribution is -2.06. The quantitative estimate of drug-likeness (QED) is 0.798. The first-order chi connectivity index (χ1) is 8.15. The second-order valence-corrected chi connectivity index (χ2v) is 5.74. The summed E-state index contributed by atoms with van der Waals surface area (Å²) in [5.41, 5.74) is 3.70. The fraction of sp³-hybridized carbons (Fsp3) is 0.500. The number of fused-ring (bicyclic) bond motifs is 1. The summed E-state index contributed by atoms with van der Waals surface area (Å²) in [5, 5.41) is 0. The molecule has 1 aromatic heterocycles. The van der Waals surface area contributed by atoms with Gasteiger partial charge in [0.05, 0.1) is 11.0 Å². The normalized spacial score (nSPS) is 17.5. The van der Waals surface area contributed by atoms with Crippen LogP contribution in [0.3, 0.4) is 0 Å². The maximum Gasteiger partial charge on any atom is 0.178 e. The van der Waals surface area contributed by atoms with Crippen LogP contribution in [0, 0.1) is 17.6 Å². The molecule has 0 spiro atoms. The molecule has 1 aromatic carbocycles. The number of imidazole rings is 1. The number of hydrogen-bond acceptors (Lipinski definition) is 1. The fourth-order valence-corrected chi connectivity index (χ4v) is 3.00. The van der Waals surface area contributed by atoms with Crippen LogP contribution in [-0.4, -0.2) is 9.55 Å². The van der Waals surface area contributed by atoms with E-state index in [9.17, 15) is 0 Å². The van der Waals surface area contributed by atoms with Crippen molar-refractivity contribution in [3.63, 3.8) is 0 Å². The molecule has 0 amide bonds. The Bertz CT molecular complexity index is 604. The van der Waals surface area contributed by atoms with E-state index >= 15 is 0 Å². The summed E-state index contributed by atoms with van der Waals surface area (Å²) in [6.07, 6.45) is 4.06. The third-order valence-electron chi connectivity index (χ3n) is 3.69. The largest absolute Gasteiger partial charge is 0.331 e. The molecule has 1 saturated carbocycles. The summed E-state index contributed by atoms with van der Waals surface area (Å²) >= 11 is 5.45. The third-order valence-corrected chi connectivity index (χ3v) is 3.98. The average Bonchev–Trinajstić information content (AvgIpc) is 3.00. The number of rotatable bonds is 3. The van der Waals surface area contributed by atoms with Gasteiger partial charge in [-0.25, -0.2) is 0 Å². The van der Waals surface area contributed by atoms with Gasteiger partial charge in [0.1, 0.15) is 0 Å². The van der Waals surface area contributed by atoms with E-state index in [1.807, 2.05) is 0 Å². The molecule has 1 heterocycles. The predicted octanol–water partition coefficient (Wildman–Crippen LogP) is 4.37. The van der Waals surface area contributed by atoms with Gasteiger partial charge in [-0.05, 0) is 56.1 Å². The lowest BCUT2D eigenvalue weighted by Gasteiger charge is -2.14. The van der Waals surface area contributed by atoms with Crippen LogP contribution in [0.25, 0.3) is 11.0 Å². The van der Waals surface area contributed by atoms with Crippen molar-refractivity contribution in [3.05, 3.63) is 28.5 Å². The number of nitrogens with zero attached hydrogens (tertiary/aromatic N) is 1. The van der Waals surface area contributed by atoms with Gasteiger partial charge < -0.3 is 9.55 Å². The number of H-pyrrole nitrogens is 1. The first kappa shape index (κ1) is 11.0. The molecule has 2 nitrogen and oxygen atoms in total. The molecule has 1 aliphatic rings. The molecule has 2 aromatic rings. The molecular weight excluding hydrogens is 228 g/mol. The van der Waals surface area contributed by atoms with E-state index in [-0.39, 0.29) is 0 Å². The number of hydrogen-bond donors (Lipinski definition) is 1. The van der Waals surface area contributed by atoms with Crippen molar-refractivity contribution >= 4 is 23.3 Å². The smallest absolute Gasteiger partial charge is 0.178 e. The minimum atomic E-state index is 0.505. The van der Waals surface area contributed by atoms with Crippen molar-refractivity contribution in [1.82, 2.24) is 9.55 Å². The van der Waals surface area contributed by atoms with E-state index in [2.05, 4.69) is 41.6 Å². The second-order valence-electron chi connectivity index (χ2n) is 5.35. The van der Waals surface area contributed by atoms with E-state index in [0.29, 0.717) is 6.04 Å². The maximum absolute atomic E-state index is 5.45. The second kappa shape index (κ2) is 3.98. The van der Waals surface area contributed by atoms with Crippen LogP contribution in [0.15, 0.2) is 18.2 Å². The zero-order valence-electron chi connectivity index (χ0n) is 10.4. The summed E-state index contributed by atoms with van der Waals surface area (Å²) in [6.45, 7) is 4.41. The molecule has 3 heteroatoms. The number of aromatic amines is 1. The minimum Gasteiger partial charge on any atom is -0.331 e. The van der Waals surface area contributed by atoms with Crippen LogP contribution in [0.4, 0.5) is 0 Å². The molecule has 0 bridgehead atoms. The number of benzene rings is 1. The number of aromatic nitrogens is 2. The monoisotopic (exact) mass is 246 g/mol. The van der Waals surface area contributed by atoms with Gasteiger partial charge in [0.25, 0.3) is 0 Å². The van der Waals surface area contributed by atoms with Gasteiger partial charge in [-0.3, -0.25) is 0 Å². The first-order valence-electron chi connectivity index (χ1n) is 6.36. The van der Waals surface area contributed by atoms with Gasteiger partial charge in [-0.2, -0.15) is 0 Å². The van der Waals surface area contributed by atoms with Gasteiger partial charge >= 0.3 is 0 Å². The van der Waals surface area contributed by atoms with Gasteiger partial charge in [-0.15, -0.1) is 0 Å². The van der Waals surface area contributed by atoms with Crippen LogP contribution in [0.1, 0.15) is 37.8 Å². The molecule has 90 valence electrons. The molecule has 17 heavy (non-hydrogen) atoms. The molecule has 1 unspecified atom stereocenters. The van der Waals surface area contributed by atoms with Crippen molar-refractivity contribution in [3.8, 4) is 0 Å². The Morgan fingerprint density at radius 1 is 1.47 bits per heavy atom. The topological polar surface area (TPSA) is 20.7 Å². The lowest BCUT2D eigenvalue weighted by atomic mass is 10.1. The van der Waals surface area contributed by atoms with Crippen LogP contribution in [0.5, 0.6) is 0 Å². The summed E-state index contributed by atoms with van der Waals surface area (Å²) in [7, 11) is 0. The first-order valence-corrected chi connectivity index (χ1v) is 6.77. The highest BCUT2D eigenvalue weighted by molar-refractivity contribution is 7.71. The third kappa shape index (κ3) is 2.04. The van der Waals surface area contributed by atoms with Crippen molar-refractivity contribution in [2.45, 2.75) is 39.2 Å². The van der Waals surface area contributed by atoms with E-state index in [0.717, 1.165) is 16.2 Å². The highest BCUT2D eigenvalue weighted by atomic mass is 32.1.